The monoisotopic (exact) mass is 423 g/mol. The van der Waals surface area contributed by atoms with Crippen LogP contribution in [0.5, 0.6) is 17.2 Å². The number of para-hydroxylation sites is 1. The fourth-order valence-corrected chi connectivity index (χ4v) is 4.06. The number of carbonyl (C=O) groups is 2. The summed E-state index contributed by atoms with van der Waals surface area (Å²) in [6.45, 7) is 4.57. The van der Waals surface area contributed by atoms with Crippen LogP contribution in [0.25, 0.3) is 0 Å². The minimum Gasteiger partial charge on any atom is -0.493 e. The Hall–Kier alpha value is -3.48. The van der Waals surface area contributed by atoms with Gasteiger partial charge in [0, 0.05) is 29.9 Å². The Balaban J connectivity index is 1.48. The third kappa shape index (κ3) is 3.71. The van der Waals surface area contributed by atoms with Crippen LogP contribution in [0.2, 0.25) is 0 Å². The summed E-state index contributed by atoms with van der Waals surface area (Å²) >= 11 is 0. The van der Waals surface area contributed by atoms with E-state index in [0.717, 1.165) is 16.9 Å². The molecule has 4 rings (SSSR count). The number of benzene rings is 2. The van der Waals surface area contributed by atoms with Gasteiger partial charge in [-0.2, -0.15) is 0 Å². The van der Waals surface area contributed by atoms with Crippen LogP contribution in [0, 0.1) is 0 Å². The number of carbonyl (C=O) groups excluding carboxylic acids is 2. The van der Waals surface area contributed by atoms with Crippen molar-refractivity contribution in [3.8, 4) is 17.2 Å². The standard InChI is InChI=1S/C24H25NO6/c1-24(2)17-7-5-6-8-18(17)25(3)21(24)13-16(26)14-31-23(27)15-11-19(28-4)22-20(12-15)29-9-10-30-22/h5-8,11-13H,9-10,14H2,1-4H3/b21-13+. The molecule has 2 aromatic rings. The van der Waals surface area contributed by atoms with Crippen molar-refractivity contribution < 1.29 is 28.5 Å². The molecule has 2 aliphatic rings. The zero-order chi connectivity index (χ0) is 22.2. The first-order chi connectivity index (χ1) is 14.8. The number of allylic oxidation sites excluding steroid dienone is 1. The molecule has 2 aromatic carbocycles. The molecular formula is C24H25NO6. The number of nitrogens with zero attached hydrogens (tertiary/aromatic N) is 1. The maximum atomic E-state index is 12.6. The third-order valence-corrected chi connectivity index (χ3v) is 5.65. The topological polar surface area (TPSA) is 74.3 Å². The summed E-state index contributed by atoms with van der Waals surface area (Å²) < 4.78 is 21.6. The van der Waals surface area contributed by atoms with Gasteiger partial charge in [-0.05, 0) is 23.8 Å². The van der Waals surface area contributed by atoms with Crippen LogP contribution in [0.4, 0.5) is 5.69 Å². The lowest BCUT2D eigenvalue weighted by Gasteiger charge is -2.24. The number of methoxy groups -OCH3 is 1. The lowest BCUT2D eigenvalue weighted by molar-refractivity contribution is -0.117. The Bertz CT molecular complexity index is 1050. The van der Waals surface area contributed by atoms with Gasteiger partial charge in [0.15, 0.2) is 23.9 Å². The smallest absolute Gasteiger partial charge is 0.338 e. The minimum atomic E-state index is -0.635. The maximum Gasteiger partial charge on any atom is 0.338 e. The molecule has 0 saturated carbocycles. The quantitative estimate of drug-likeness (QED) is 0.538. The van der Waals surface area contributed by atoms with E-state index in [0.29, 0.717) is 30.5 Å². The second-order valence-corrected chi connectivity index (χ2v) is 7.98. The Morgan fingerprint density at radius 2 is 1.90 bits per heavy atom. The van der Waals surface area contributed by atoms with Gasteiger partial charge in [0.05, 0.1) is 12.7 Å². The van der Waals surface area contributed by atoms with Gasteiger partial charge in [-0.3, -0.25) is 4.79 Å². The van der Waals surface area contributed by atoms with Crippen molar-refractivity contribution in [3.05, 3.63) is 59.3 Å². The molecule has 2 heterocycles. The summed E-state index contributed by atoms with van der Waals surface area (Å²) in [7, 11) is 3.41. The van der Waals surface area contributed by atoms with Crippen molar-refractivity contribution in [3.63, 3.8) is 0 Å². The second kappa shape index (κ2) is 7.98. The Morgan fingerprint density at radius 1 is 1.16 bits per heavy atom. The van der Waals surface area contributed by atoms with Crippen LogP contribution in [-0.4, -0.2) is 45.7 Å². The molecule has 7 heteroatoms. The van der Waals surface area contributed by atoms with Gasteiger partial charge in [-0.1, -0.05) is 32.0 Å². The molecule has 0 atom stereocenters. The molecule has 0 bridgehead atoms. The van der Waals surface area contributed by atoms with Gasteiger partial charge in [0.25, 0.3) is 0 Å². The van der Waals surface area contributed by atoms with Gasteiger partial charge in [-0.25, -0.2) is 4.79 Å². The van der Waals surface area contributed by atoms with E-state index in [1.165, 1.54) is 19.2 Å². The maximum absolute atomic E-state index is 12.6. The van der Waals surface area contributed by atoms with Gasteiger partial charge < -0.3 is 23.8 Å². The van der Waals surface area contributed by atoms with Crippen LogP contribution >= 0.6 is 0 Å². The number of anilines is 1. The molecule has 0 radical (unpaired) electrons. The van der Waals surface area contributed by atoms with Gasteiger partial charge in [0.2, 0.25) is 5.75 Å². The molecule has 162 valence electrons. The molecule has 0 amide bonds. The van der Waals surface area contributed by atoms with E-state index in [1.54, 1.807) is 6.08 Å². The summed E-state index contributed by atoms with van der Waals surface area (Å²) in [4.78, 5) is 27.2. The summed E-state index contributed by atoms with van der Waals surface area (Å²) in [6, 6.07) is 11.1. The lowest BCUT2D eigenvalue weighted by Crippen LogP contribution is -2.25. The molecule has 0 aromatic heterocycles. The average molecular weight is 423 g/mol. The minimum absolute atomic E-state index is 0.229. The Morgan fingerprint density at radius 3 is 2.65 bits per heavy atom. The SMILES string of the molecule is COc1cc(C(=O)OCC(=O)/C=C2/N(C)c3ccccc3C2(C)C)cc2c1OCCO2. The molecule has 0 saturated heterocycles. The number of rotatable bonds is 5. The predicted octanol–water partition coefficient (Wildman–Crippen LogP) is 3.50. The van der Waals surface area contributed by atoms with Crippen LogP contribution in [0.3, 0.4) is 0 Å². The Kier molecular flexibility index (Phi) is 5.35. The highest BCUT2D eigenvalue weighted by Gasteiger charge is 2.38. The van der Waals surface area contributed by atoms with Gasteiger partial charge in [0.1, 0.15) is 13.2 Å². The highest BCUT2D eigenvalue weighted by Crippen LogP contribution is 2.46. The van der Waals surface area contributed by atoms with Crippen molar-refractivity contribution in [1.82, 2.24) is 0 Å². The first-order valence-electron chi connectivity index (χ1n) is 10.1. The van der Waals surface area contributed by atoms with Crippen molar-refractivity contribution in [1.29, 1.82) is 0 Å². The van der Waals surface area contributed by atoms with Crippen LogP contribution < -0.4 is 19.1 Å². The molecule has 7 nitrogen and oxygen atoms in total. The number of esters is 1. The zero-order valence-electron chi connectivity index (χ0n) is 18.1. The summed E-state index contributed by atoms with van der Waals surface area (Å²) in [5.74, 6) is 0.324. The second-order valence-electron chi connectivity index (χ2n) is 7.98. The summed E-state index contributed by atoms with van der Waals surface area (Å²) in [5.41, 5.74) is 2.97. The molecule has 0 N–H and O–H groups in total. The van der Waals surface area contributed by atoms with Gasteiger partial charge in [-0.15, -0.1) is 0 Å². The lowest BCUT2D eigenvalue weighted by atomic mass is 9.83. The van der Waals surface area contributed by atoms with E-state index in [-0.39, 0.29) is 23.4 Å². The number of fused-ring (bicyclic) bond motifs is 2. The largest absolute Gasteiger partial charge is 0.493 e. The molecule has 0 fully saturated rings. The van der Waals surface area contributed by atoms with E-state index in [4.69, 9.17) is 18.9 Å². The fraction of sp³-hybridized carbons (Fsp3) is 0.333. The van der Waals surface area contributed by atoms with E-state index < -0.39 is 5.97 Å². The summed E-state index contributed by atoms with van der Waals surface area (Å²) in [5, 5.41) is 0. The number of ether oxygens (including phenoxy) is 4. The molecule has 31 heavy (non-hydrogen) atoms. The molecular weight excluding hydrogens is 398 g/mol. The third-order valence-electron chi connectivity index (χ3n) is 5.65. The molecule has 2 aliphatic heterocycles. The normalized spacial score (nSPS) is 17.3. The highest BCUT2D eigenvalue weighted by atomic mass is 16.6. The highest BCUT2D eigenvalue weighted by molar-refractivity contribution is 5.97. The number of likely N-dealkylation sites (N-methyl/N-ethyl adjacent to an activating group) is 1. The summed E-state index contributed by atoms with van der Waals surface area (Å²) in [6.07, 6.45) is 1.55. The Labute approximate surface area is 181 Å². The number of ketones is 1. The first kappa shape index (κ1) is 20.8. The van der Waals surface area contributed by atoms with E-state index in [9.17, 15) is 9.59 Å². The van der Waals surface area contributed by atoms with E-state index >= 15 is 0 Å². The van der Waals surface area contributed by atoms with Crippen molar-refractivity contribution in [2.45, 2.75) is 19.3 Å². The fourth-order valence-electron chi connectivity index (χ4n) is 4.06. The number of hydrogen-bond acceptors (Lipinski definition) is 7. The van der Waals surface area contributed by atoms with Crippen molar-refractivity contribution in [2.24, 2.45) is 0 Å². The molecule has 0 unspecified atom stereocenters. The first-order valence-corrected chi connectivity index (χ1v) is 10.1. The van der Waals surface area contributed by atoms with Crippen molar-refractivity contribution >= 4 is 17.4 Å². The van der Waals surface area contributed by atoms with Crippen LogP contribution in [0.15, 0.2) is 48.2 Å². The molecule has 0 aliphatic carbocycles. The van der Waals surface area contributed by atoms with E-state index in [2.05, 4.69) is 19.9 Å². The zero-order valence-corrected chi connectivity index (χ0v) is 18.1. The average Bonchev–Trinajstić information content (AvgIpc) is 2.97. The number of hydrogen-bond donors (Lipinski definition) is 0. The van der Waals surface area contributed by atoms with E-state index in [1.807, 2.05) is 30.1 Å². The molecule has 0 spiro atoms. The van der Waals surface area contributed by atoms with Crippen molar-refractivity contribution in [2.75, 3.05) is 38.9 Å². The van der Waals surface area contributed by atoms with Gasteiger partial charge >= 0.3 is 5.97 Å². The predicted molar refractivity (Wildman–Crippen MR) is 115 cm³/mol. The van der Waals surface area contributed by atoms with Crippen LogP contribution in [0.1, 0.15) is 29.8 Å². The van der Waals surface area contributed by atoms with Crippen LogP contribution in [-0.2, 0) is 14.9 Å².